The van der Waals surface area contributed by atoms with Crippen molar-refractivity contribution in [2.75, 3.05) is 13.2 Å². The molecule has 0 aromatic rings. The van der Waals surface area contributed by atoms with Crippen LogP contribution in [0.1, 0.15) is 0 Å². The molecule has 7 N–H and O–H groups in total. The SMILES string of the molecule is O=C(O)[C@@H](O)[C@H](O)CO.O=C([O-])[C@@H](O)[C@H](O)CO.[Ca+2]. The molecule has 4 atom stereocenters. The van der Waals surface area contributed by atoms with E-state index in [2.05, 4.69) is 0 Å². The van der Waals surface area contributed by atoms with Gasteiger partial charge in [0.1, 0.15) is 18.3 Å². The number of hydrogen-bond acceptors (Lipinski definition) is 9. The number of aliphatic hydroxyl groups excluding tert-OH is 6. The molecule has 0 radical (unpaired) electrons. The topological polar surface area (TPSA) is 199 Å². The standard InChI is InChI=1S/2C4H8O5.Ca/c2*5-1-2(6)3(7)4(8)9;/h2*2-3,5-7H,1H2,(H,8,9);/q;;+2/p-1/t2*2-,3+;/m11./s1. The van der Waals surface area contributed by atoms with E-state index in [-0.39, 0.29) is 37.7 Å². The molecule has 0 aromatic heterocycles. The van der Waals surface area contributed by atoms with Crippen LogP contribution in [0, 0.1) is 0 Å². The molecule has 0 bridgehead atoms. The van der Waals surface area contributed by atoms with Crippen LogP contribution in [0.15, 0.2) is 0 Å². The molecular weight excluding hydrogens is 296 g/mol. The summed E-state index contributed by atoms with van der Waals surface area (Å²) >= 11 is 0. The van der Waals surface area contributed by atoms with E-state index in [1.165, 1.54) is 0 Å². The summed E-state index contributed by atoms with van der Waals surface area (Å²) in [6.45, 7) is -1.55. The number of hydrogen-bond donors (Lipinski definition) is 7. The zero-order chi connectivity index (χ0) is 14.9. The Balaban J connectivity index is -0.000000256. The van der Waals surface area contributed by atoms with E-state index in [9.17, 15) is 14.7 Å². The Labute approximate surface area is 137 Å². The molecule has 0 saturated carbocycles. The summed E-state index contributed by atoms with van der Waals surface area (Å²) in [4.78, 5) is 19.4. The van der Waals surface area contributed by atoms with Crippen LogP contribution in [0.3, 0.4) is 0 Å². The van der Waals surface area contributed by atoms with Crippen LogP contribution in [0.25, 0.3) is 0 Å². The molecule has 0 amide bonds. The van der Waals surface area contributed by atoms with Gasteiger partial charge < -0.3 is 45.6 Å². The van der Waals surface area contributed by atoms with E-state index in [4.69, 9.17) is 35.7 Å². The molecule has 0 aliphatic carbocycles. The van der Waals surface area contributed by atoms with E-state index in [1.54, 1.807) is 0 Å². The molecule has 0 aliphatic heterocycles. The summed E-state index contributed by atoms with van der Waals surface area (Å²) in [6, 6.07) is 0. The van der Waals surface area contributed by atoms with E-state index in [0.717, 1.165) is 0 Å². The Morgan fingerprint density at radius 3 is 1.32 bits per heavy atom. The summed E-state index contributed by atoms with van der Waals surface area (Å²) in [6.07, 6.45) is -7.15. The maximum absolute atomic E-state index is 9.78. The molecule has 108 valence electrons. The van der Waals surface area contributed by atoms with Crippen molar-refractivity contribution in [3.63, 3.8) is 0 Å². The molecule has 0 aromatic carbocycles. The minimum Gasteiger partial charge on any atom is -0.547 e. The van der Waals surface area contributed by atoms with Crippen LogP contribution in [0.2, 0.25) is 0 Å². The fourth-order valence-corrected chi connectivity index (χ4v) is 0.521. The van der Waals surface area contributed by atoms with Gasteiger partial charge in [0.05, 0.1) is 19.2 Å². The molecule has 0 aliphatic rings. The number of carboxylic acid groups (broad SMARTS) is 2. The number of carbonyl (C=O) groups is 2. The van der Waals surface area contributed by atoms with Crippen molar-refractivity contribution in [1.29, 1.82) is 0 Å². The van der Waals surface area contributed by atoms with E-state index in [0.29, 0.717) is 0 Å². The monoisotopic (exact) mass is 311 g/mol. The van der Waals surface area contributed by atoms with Crippen LogP contribution in [-0.4, -0.2) is 123 Å². The van der Waals surface area contributed by atoms with Gasteiger partial charge in [-0.2, -0.15) is 0 Å². The van der Waals surface area contributed by atoms with Gasteiger partial charge in [-0.1, -0.05) is 0 Å². The Morgan fingerprint density at radius 2 is 1.21 bits per heavy atom. The fraction of sp³-hybridized carbons (Fsp3) is 0.750. The van der Waals surface area contributed by atoms with Gasteiger partial charge in [0.2, 0.25) is 0 Å². The summed E-state index contributed by atoms with van der Waals surface area (Å²) in [7, 11) is 0. The second-order valence-corrected chi connectivity index (χ2v) is 3.05. The molecule has 0 spiro atoms. The maximum Gasteiger partial charge on any atom is 2.00 e. The summed E-state index contributed by atoms with van der Waals surface area (Å²) in [5, 5.41) is 67.3. The van der Waals surface area contributed by atoms with Gasteiger partial charge in [-0.15, -0.1) is 0 Å². The van der Waals surface area contributed by atoms with E-state index < -0.39 is 49.6 Å². The van der Waals surface area contributed by atoms with Gasteiger partial charge in [-0.3, -0.25) is 0 Å². The van der Waals surface area contributed by atoms with Crippen molar-refractivity contribution in [2.24, 2.45) is 0 Å². The third-order valence-corrected chi connectivity index (χ3v) is 1.60. The Morgan fingerprint density at radius 1 is 0.895 bits per heavy atom. The average molecular weight is 311 g/mol. The second kappa shape index (κ2) is 13.0. The van der Waals surface area contributed by atoms with E-state index >= 15 is 0 Å². The van der Waals surface area contributed by atoms with Crippen LogP contribution in [0.4, 0.5) is 0 Å². The third kappa shape index (κ3) is 11.5. The Bertz CT molecular complexity index is 234. The number of rotatable bonds is 6. The van der Waals surface area contributed by atoms with Crippen LogP contribution >= 0.6 is 0 Å². The van der Waals surface area contributed by atoms with Crippen molar-refractivity contribution < 1.29 is 50.4 Å². The van der Waals surface area contributed by atoms with E-state index in [1.807, 2.05) is 0 Å². The minimum absolute atomic E-state index is 0. The first-order valence-corrected chi connectivity index (χ1v) is 4.56. The van der Waals surface area contributed by atoms with Gasteiger partial charge >= 0.3 is 43.7 Å². The number of aliphatic carboxylic acids is 2. The first-order valence-electron chi connectivity index (χ1n) is 4.56. The largest absolute Gasteiger partial charge is 2.00 e. The van der Waals surface area contributed by atoms with Crippen molar-refractivity contribution in [1.82, 2.24) is 0 Å². The normalized spacial score (nSPS) is 15.9. The van der Waals surface area contributed by atoms with Gasteiger partial charge in [0.25, 0.3) is 0 Å². The molecule has 0 rings (SSSR count). The number of carbonyl (C=O) groups excluding carboxylic acids is 1. The van der Waals surface area contributed by atoms with Crippen LogP contribution in [0.5, 0.6) is 0 Å². The van der Waals surface area contributed by atoms with Gasteiger partial charge in [0, 0.05) is 0 Å². The van der Waals surface area contributed by atoms with Crippen LogP contribution in [-0.2, 0) is 9.59 Å². The van der Waals surface area contributed by atoms with Crippen molar-refractivity contribution in [3.05, 3.63) is 0 Å². The Kier molecular flexibility index (Phi) is 16.4. The van der Waals surface area contributed by atoms with Crippen molar-refractivity contribution in [2.45, 2.75) is 24.4 Å². The van der Waals surface area contributed by atoms with Crippen molar-refractivity contribution >= 4 is 49.7 Å². The Hall–Kier alpha value is -0.0403. The predicted octanol–water partition coefficient (Wildman–Crippen LogP) is -6.15. The number of aliphatic hydroxyl groups is 6. The molecule has 19 heavy (non-hydrogen) atoms. The summed E-state index contributed by atoms with van der Waals surface area (Å²) < 4.78 is 0. The first-order chi connectivity index (χ1) is 8.18. The minimum atomic E-state index is -2.00. The van der Waals surface area contributed by atoms with Crippen molar-refractivity contribution in [3.8, 4) is 0 Å². The second-order valence-electron chi connectivity index (χ2n) is 3.05. The molecule has 0 saturated heterocycles. The summed E-state index contributed by atoms with van der Waals surface area (Å²) in [5.74, 6) is -3.34. The molecule has 11 heteroatoms. The van der Waals surface area contributed by atoms with Crippen LogP contribution < -0.4 is 5.11 Å². The molecular formula is C8H15CaO10+. The van der Waals surface area contributed by atoms with Gasteiger partial charge in [-0.25, -0.2) is 4.79 Å². The molecule has 10 nitrogen and oxygen atoms in total. The number of carboxylic acids is 2. The fourth-order valence-electron chi connectivity index (χ4n) is 0.521. The van der Waals surface area contributed by atoms with Gasteiger partial charge in [-0.05, 0) is 0 Å². The molecule has 0 unspecified atom stereocenters. The third-order valence-electron chi connectivity index (χ3n) is 1.60. The average Bonchev–Trinajstić information content (AvgIpc) is 2.35. The molecule has 0 fully saturated rings. The zero-order valence-corrected chi connectivity index (χ0v) is 12.0. The zero-order valence-electron chi connectivity index (χ0n) is 9.79. The summed E-state index contributed by atoms with van der Waals surface area (Å²) in [5.41, 5.74) is 0. The molecule has 0 heterocycles. The van der Waals surface area contributed by atoms with Gasteiger partial charge in [0.15, 0.2) is 6.10 Å². The quantitative estimate of drug-likeness (QED) is 0.231. The predicted molar refractivity (Wildman–Crippen MR) is 56.6 cm³/mol. The smallest absolute Gasteiger partial charge is 0.547 e. The first kappa shape index (κ1) is 24.0. The maximum atomic E-state index is 9.78.